The Morgan fingerprint density at radius 3 is 2.38 bits per heavy atom. The van der Waals surface area contributed by atoms with Gasteiger partial charge >= 0.3 is 0 Å². The maximum absolute atomic E-state index is 11.1. The fourth-order valence-corrected chi connectivity index (χ4v) is 1.25. The van der Waals surface area contributed by atoms with Gasteiger partial charge in [0.1, 0.15) is 6.42 Å². The van der Waals surface area contributed by atoms with Crippen molar-refractivity contribution in [2.75, 3.05) is 0 Å². The monoisotopic (exact) mass is 182 g/mol. The zero-order valence-corrected chi connectivity index (χ0v) is 8.85. The molecule has 0 aromatic heterocycles. The van der Waals surface area contributed by atoms with Crippen molar-refractivity contribution in [3.63, 3.8) is 0 Å². The van der Waals surface area contributed by atoms with E-state index in [0.717, 1.165) is 6.42 Å². The predicted octanol–water partition coefficient (Wildman–Crippen LogP) is 1.84. The van der Waals surface area contributed by atoms with E-state index in [2.05, 4.69) is 26.1 Å². The van der Waals surface area contributed by atoms with Gasteiger partial charge in [-0.05, 0) is 11.8 Å². The van der Waals surface area contributed by atoms with Gasteiger partial charge in [0, 0.05) is 6.04 Å². The predicted molar refractivity (Wildman–Crippen MR) is 51.9 cm³/mol. The highest BCUT2D eigenvalue weighted by atomic mass is 16.1. The highest BCUT2D eigenvalue weighted by Gasteiger charge is 2.23. The third kappa shape index (κ3) is 4.51. The average Bonchev–Trinajstić information content (AvgIpc) is 1.98. The number of amides is 1. The highest BCUT2D eigenvalue weighted by molar-refractivity contribution is 5.78. The molecule has 1 atom stereocenters. The summed E-state index contributed by atoms with van der Waals surface area (Å²) in [6.45, 7) is 8.26. The van der Waals surface area contributed by atoms with Crippen LogP contribution in [0.4, 0.5) is 0 Å². The number of nitrogens with one attached hydrogen (secondary N) is 1. The smallest absolute Gasteiger partial charge is 0.234 e. The first-order valence-corrected chi connectivity index (χ1v) is 4.58. The number of nitrogens with zero attached hydrogens (tertiary/aromatic N) is 1. The second kappa shape index (κ2) is 4.86. The number of rotatable bonds is 3. The molecule has 0 spiro atoms. The summed E-state index contributed by atoms with van der Waals surface area (Å²) in [5.41, 5.74) is 0.0554. The summed E-state index contributed by atoms with van der Waals surface area (Å²) in [5.74, 6) is -0.177. The summed E-state index contributed by atoms with van der Waals surface area (Å²) < 4.78 is 0. The van der Waals surface area contributed by atoms with Crippen LogP contribution in [0.1, 0.15) is 40.5 Å². The van der Waals surface area contributed by atoms with E-state index in [1.54, 1.807) is 0 Å². The Labute approximate surface area is 80.1 Å². The number of carbonyl (C=O) groups is 1. The number of carbonyl (C=O) groups excluding carboxylic acids is 1. The van der Waals surface area contributed by atoms with Gasteiger partial charge in [-0.25, -0.2) is 0 Å². The molecule has 0 fully saturated rings. The van der Waals surface area contributed by atoms with Gasteiger partial charge in [-0.2, -0.15) is 5.26 Å². The topological polar surface area (TPSA) is 52.9 Å². The van der Waals surface area contributed by atoms with E-state index in [-0.39, 0.29) is 23.8 Å². The van der Waals surface area contributed by atoms with E-state index in [4.69, 9.17) is 5.26 Å². The van der Waals surface area contributed by atoms with Crippen molar-refractivity contribution in [1.29, 1.82) is 5.26 Å². The van der Waals surface area contributed by atoms with Gasteiger partial charge in [0.25, 0.3) is 0 Å². The molecular weight excluding hydrogens is 164 g/mol. The van der Waals surface area contributed by atoms with E-state index in [1.807, 2.05) is 13.0 Å². The zero-order chi connectivity index (χ0) is 10.5. The average molecular weight is 182 g/mol. The van der Waals surface area contributed by atoms with Gasteiger partial charge in [0.05, 0.1) is 6.07 Å². The Morgan fingerprint density at radius 2 is 2.08 bits per heavy atom. The Hall–Kier alpha value is -1.04. The molecule has 3 heteroatoms. The van der Waals surface area contributed by atoms with Crippen LogP contribution in [0.25, 0.3) is 0 Å². The normalized spacial score (nSPS) is 13.2. The third-order valence-electron chi connectivity index (χ3n) is 2.03. The SMILES string of the molecule is CC[C@@H](NC(=O)CC#N)C(C)(C)C. The molecule has 0 bridgehead atoms. The summed E-state index contributed by atoms with van der Waals surface area (Å²) in [6.07, 6.45) is 0.841. The molecular formula is C10H18N2O. The Morgan fingerprint density at radius 1 is 1.54 bits per heavy atom. The molecule has 0 saturated carbocycles. The Bertz CT molecular complexity index is 210. The first kappa shape index (κ1) is 12.0. The minimum Gasteiger partial charge on any atom is -0.352 e. The van der Waals surface area contributed by atoms with Gasteiger partial charge < -0.3 is 5.32 Å². The van der Waals surface area contributed by atoms with Crippen LogP contribution in [0.15, 0.2) is 0 Å². The van der Waals surface area contributed by atoms with Gasteiger partial charge in [0.2, 0.25) is 5.91 Å². The number of hydrogen-bond acceptors (Lipinski definition) is 2. The van der Waals surface area contributed by atoms with Crippen molar-refractivity contribution in [1.82, 2.24) is 5.32 Å². The highest BCUT2D eigenvalue weighted by Crippen LogP contribution is 2.21. The van der Waals surface area contributed by atoms with Crippen molar-refractivity contribution in [2.24, 2.45) is 5.41 Å². The largest absolute Gasteiger partial charge is 0.352 e. The summed E-state index contributed by atoms with van der Waals surface area (Å²) >= 11 is 0. The van der Waals surface area contributed by atoms with Crippen LogP contribution in [-0.4, -0.2) is 11.9 Å². The molecule has 13 heavy (non-hydrogen) atoms. The van der Waals surface area contributed by atoms with E-state index < -0.39 is 0 Å². The summed E-state index contributed by atoms with van der Waals surface area (Å²) in [7, 11) is 0. The lowest BCUT2D eigenvalue weighted by atomic mass is 9.85. The molecule has 0 aliphatic rings. The van der Waals surface area contributed by atoms with E-state index in [9.17, 15) is 4.79 Å². The molecule has 0 unspecified atom stereocenters. The standard InChI is InChI=1S/C10H18N2O/c1-5-8(10(2,3)4)12-9(13)6-7-11/h8H,5-6H2,1-4H3,(H,12,13)/t8-/m1/s1. The van der Waals surface area contributed by atoms with Crippen molar-refractivity contribution in [3.8, 4) is 6.07 Å². The van der Waals surface area contributed by atoms with Crippen LogP contribution in [-0.2, 0) is 4.79 Å². The van der Waals surface area contributed by atoms with Gasteiger partial charge in [-0.1, -0.05) is 27.7 Å². The minimum absolute atomic E-state index is 0.0490. The lowest BCUT2D eigenvalue weighted by Gasteiger charge is -2.30. The summed E-state index contributed by atoms with van der Waals surface area (Å²) in [6, 6.07) is 1.98. The maximum atomic E-state index is 11.1. The fraction of sp³-hybridized carbons (Fsp3) is 0.800. The van der Waals surface area contributed by atoms with Crippen molar-refractivity contribution in [2.45, 2.75) is 46.6 Å². The Balaban J connectivity index is 4.16. The van der Waals surface area contributed by atoms with Crippen LogP contribution in [0.5, 0.6) is 0 Å². The van der Waals surface area contributed by atoms with Crippen LogP contribution in [0.2, 0.25) is 0 Å². The van der Waals surface area contributed by atoms with Crippen LogP contribution >= 0.6 is 0 Å². The lowest BCUT2D eigenvalue weighted by molar-refractivity contribution is -0.121. The lowest BCUT2D eigenvalue weighted by Crippen LogP contribution is -2.43. The molecule has 0 aliphatic heterocycles. The quantitative estimate of drug-likeness (QED) is 0.724. The minimum atomic E-state index is -0.177. The van der Waals surface area contributed by atoms with Crippen molar-refractivity contribution >= 4 is 5.91 Å². The third-order valence-corrected chi connectivity index (χ3v) is 2.03. The molecule has 0 aromatic carbocycles. The molecule has 0 rings (SSSR count). The second-order valence-electron chi connectivity index (χ2n) is 4.23. The van der Waals surface area contributed by atoms with Crippen molar-refractivity contribution < 1.29 is 4.79 Å². The van der Waals surface area contributed by atoms with Gasteiger partial charge in [0.15, 0.2) is 0 Å². The number of nitriles is 1. The molecule has 1 N–H and O–H groups in total. The van der Waals surface area contributed by atoms with E-state index in [1.165, 1.54) is 0 Å². The van der Waals surface area contributed by atoms with Crippen LogP contribution in [0, 0.1) is 16.7 Å². The molecule has 0 aromatic rings. The zero-order valence-electron chi connectivity index (χ0n) is 8.85. The number of hydrogen-bond donors (Lipinski definition) is 1. The molecule has 0 aliphatic carbocycles. The summed E-state index contributed by atoms with van der Waals surface area (Å²) in [4.78, 5) is 11.1. The van der Waals surface area contributed by atoms with E-state index in [0.29, 0.717) is 0 Å². The van der Waals surface area contributed by atoms with Gasteiger partial charge in [-0.15, -0.1) is 0 Å². The molecule has 0 heterocycles. The van der Waals surface area contributed by atoms with E-state index >= 15 is 0 Å². The second-order valence-corrected chi connectivity index (χ2v) is 4.23. The van der Waals surface area contributed by atoms with Crippen LogP contribution in [0.3, 0.4) is 0 Å². The molecule has 3 nitrogen and oxygen atoms in total. The molecule has 74 valence electrons. The Kier molecular flexibility index (Phi) is 4.47. The molecule has 0 radical (unpaired) electrons. The first-order chi connectivity index (χ1) is 5.91. The fourth-order valence-electron chi connectivity index (χ4n) is 1.25. The van der Waals surface area contributed by atoms with Crippen molar-refractivity contribution in [3.05, 3.63) is 0 Å². The first-order valence-electron chi connectivity index (χ1n) is 4.58. The molecule has 1 amide bonds. The molecule has 0 saturated heterocycles. The summed E-state index contributed by atoms with van der Waals surface area (Å²) in [5, 5.41) is 11.2. The maximum Gasteiger partial charge on any atom is 0.234 e. The van der Waals surface area contributed by atoms with Crippen LogP contribution < -0.4 is 5.32 Å². The van der Waals surface area contributed by atoms with Gasteiger partial charge in [-0.3, -0.25) is 4.79 Å².